The van der Waals surface area contributed by atoms with Crippen molar-refractivity contribution in [2.45, 2.75) is 20.3 Å². The van der Waals surface area contributed by atoms with Crippen molar-refractivity contribution >= 4 is 11.1 Å². The highest BCUT2D eigenvalue weighted by atomic mass is 14.7. The molecule has 104 valence electrons. The third-order valence-electron chi connectivity index (χ3n) is 3.38. The third kappa shape index (κ3) is 3.49. The fourth-order valence-electron chi connectivity index (χ4n) is 2.28. The van der Waals surface area contributed by atoms with Gasteiger partial charge in [-0.05, 0) is 48.6 Å². The second kappa shape index (κ2) is 6.24. The zero-order valence-electron chi connectivity index (χ0n) is 12.6. The fraction of sp³-hybridized carbons (Fsp3) is 0.150. The van der Waals surface area contributed by atoms with Crippen molar-refractivity contribution in [2.75, 3.05) is 0 Å². The van der Waals surface area contributed by atoms with Gasteiger partial charge in [-0.3, -0.25) is 0 Å². The van der Waals surface area contributed by atoms with Crippen LogP contribution in [0, 0.1) is 12.3 Å². The largest absolute Gasteiger partial charge is 0.248 e. The fourth-order valence-corrected chi connectivity index (χ4v) is 2.28. The van der Waals surface area contributed by atoms with Crippen LogP contribution in [0.4, 0.5) is 0 Å². The summed E-state index contributed by atoms with van der Waals surface area (Å²) in [4.78, 5) is 4.23. The van der Waals surface area contributed by atoms with Gasteiger partial charge in [-0.15, -0.1) is 6.42 Å². The lowest BCUT2D eigenvalue weighted by atomic mass is 9.93. The number of rotatable bonds is 4. The van der Waals surface area contributed by atoms with Crippen LogP contribution < -0.4 is 0 Å². The minimum Gasteiger partial charge on any atom is -0.248 e. The van der Waals surface area contributed by atoms with Crippen molar-refractivity contribution in [3.8, 4) is 12.3 Å². The van der Waals surface area contributed by atoms with Crippen molar-refractivity contribution in [3.05, 3.63) is 77.6 Å². The maximum absolute atomic E-state index is 5.32. The van der Waals surface area contributed by atoms with Gasteiger partial charge >= 0.3 is 0 Å². The quantitative estimate of drug-likeness (QED) is 0.734. The molecule has 1 heteroatoms. The highest BCUT2D eigenvalue weighted by Crippen LogP contribution is 2.25. The molecule has 0 saturated heterocycles. The normalized spacial score (nSPS) is 9.95. The Morgan fingerprint density at radius 1 is 1.05 bits per heavy atom. The molecule has 0 unspecified atom stereocenters. The summed E-state index contributed by atoms with van der Waals surface area (Å²) in [6.45, 7) is 12.1. The van der Waals surface area contributed by atoms with Gasteiger partial charge in [0.1, 0.15) is 5.69 Å². The number of aromatic nitrogens is 1. The SMILES string of the molecule is C#Cc1ccc(Cc2ccc(C(=C)C)c(C(=C)C)c2)cn1. The van der Waals surface area contributed by atoms with Crippen molar-refractivity contribution in [1.29, 1.82) is 0 Å². The molecule has 0 saturated carbocycles. The van der Waals surface area contributed by atoms with E-state index >= 15 is 0 Å². The van der Waals surface area contributed by atoms with Crippen LogP contribution in [-0.2, 0) is 6.42 Å². The van der Waals surface area contributed by atoms with E-state index in [1.807, 2.05) is 32.2 Å². The first-order chi connectivity index (χ1) is 10.0. The predicted molar refractivity (Wildman–Crippen MR) is 90.8 cm³/mol. The van der Waals surface area contributed by atoms with Crippen LogP contribution in [0.2, 0.25) is 0 Å². The van der Waals surface area contributed by atoms with E-state index in [-0.39, 0.29) is 0 Å². The van der Waals surface area contributed by atoms with E-state index in [0.29, 0.717) is 5.69 Å². The number of hydrogen-bond donors (Lipinski definition) is 0. The molecule has 21 heavy (non-hydrogen) atoms. The molecule has 0 fully saturated rings. The number of pyridine rings is 1. The van der Waals surface area contributed by atoms with Crippen LogP contribution in [0.15, 0.2) is 49.7 Å². The Kier molecular flexibility index (Phi) is 4.40. The van der Waals surface area contributed by atoms with Gasteiger partial charge in [-0.2, -0.15) is 0 Å². The van der Waals surface area contributed by atoms with Gasteiger partial charge < -0.3 is 0 Å². The summed E-state index contributed by atoms with van der Waals surface area (Å²) >= 11 is 0. The average Bonchev–Trinajstić information content (AvgIpc) is 2.47. The van der Waals surface area contributed by atoms with Gasteiger partial charge in [0.25, 0.3) is 0 Å². The van der Waals surface area contributed by atoms with Crippen LogP contribution in [0.5, 0.6) is 0 Å². The highest BCUT2D eigenvalue weighted by Gasteiger charge is 2.06. The minimum atomic E-state index is 0.666. The summed E-state index contributed by atoms with van der Waals surface area (Å²) in [7, 11) is 0. The summed E-state index contributed by atoms with van der Waals surface area (Å²) in [5.74, 6) is 2.53. The molecule has 2 aromatic rings. The summed E-state index contributed by atoms with van der Waals surface area (Å²) in [6, 6.07) is 10.3. The first kappa shape index (κ1) is 14.8. The summed E-state index contributed by atoms with van der Waals surface area (Å²) in [5.41, 5.74) is 7.47. The Morgan fingerprint density at radius 3 is 2.24 bits per heavy atom. The van der Waals surface area contributed by atoms with E-state index in [4.69, 9.17) is 6.42 Å². The first-order valence-corrected chi connectivity index (χ1v) is 6.87. The van der Waals surface area contributed by atoms with Crippen molar-refractivity contribution in [3.63, 3.8) is 0 Å². The molecule has 0 bridgehead atoms. The van der Waals surface area contributed by atoms with Gasteiger partial charge in [0.15, 0.2) is 0 Å². The average molecular weight is 273 g/mol. The lowest BCUT2D eigenvalue weighted by molar-refractivity contribution is 1.13. The molecular weight excluding hydrogens is 254 g/mol. The number of benzene rings is 1. The summed E-state index contributed by atoms with van der Waals surface area (Å²) < 4.78 is 0. The van der Waals surface area contributed by atoms with Crippen LogP contribution in [0.1, 0.15) is 41.8 Å². The van der Waals surface area contributed by atoms with E-state index in [9.17, 15) is 0 Å². The molecule has 0 aliphatic rings. The molecule has 1 aromatic heterocycles. The third-order valence-corrected chi connectivity index (χ3v) is 3.38. The molecule has 0 amide bonds. The molecule has 0 atom stereocenters. The monoisotopic (exact) mass is 273 g/mol. The zero-order chi connectivity index (χ0) is 15.4. The van der Waals surface area contributed by atoms with Gasteiger partial charge in [0.05, 0.1) is 0 Å². The minimum absolute atomic E-state index is 0.666. The maximum Gasteiger partial charge on any atom is 0.112 e. The molecule has 0 aliphatic carbocycles. The Balaban J connectivity index is 2.32. The lowest BCUT2D eigenvalue weighted by Gasteiger charge is -2.12. The molecule has 0 spiro atoms. The van der Waals surface area contributed by atoms with E-state index < -0.39 is 0 Å². The number of hydrogen-bond acceptors (Lipinski definition) is 1. The Labute approximate surface area is 127 Å². The van der Waals surface area contributed by atoms with E-state index in [2.05, 4.69) is 42.3 Å². The van der Waals surface area contributed by atoms with Crippen molar-refractivity contribution in [1.82, 2.24) is 4.98 Å². The number of allylic oxidation sites excluding steroid dienone is 2. The first-order valence-electron chi connectivity index (χ1n) is 6.87. The summed E-state index contributed by atoms with van der Waals surface area (Å²) in [5, 5.41) is 0. The molecular formula is C20H19N. The van der Waals surface area contributed by atoms with Crippen molar-refractivity contribution < 1.29 is 0 Å². The number of nitrogens with zero attached hydrogens (tertiary/aromatic N) is 1. The van der Waals surface area contributed by atoms with E-state index in [0.717, 1.165) is 34.3 Å². The molecule has 1 heterocycles. The van der Waals surface area contributed by atoms with E-state index in [1.54, 1.807) is 0 Å². The molecule has 1 aromatic carbocycles. The Hall–Kier alpha value is -2.59. The van der Waals surface area contributed by atoms with Gasteiger partial charge in [0.2, 0.25) is 0 Å². The highest BCUT2D eigenvalue weighted by molar-refractivity contribution is 5.77. The zero-order valence-corrected chi connectivity index (χ0v) is 12.6. The topological polar surface area (TPSA) is 12.9 Å². The van der Waals surface area contributed by atoms with Gasteiger partial charge in [-0.1, -0.05) is 54.5 Å². The predicted octanol–water partition coefficient (Wildman–Crippen LogP) is 4.72. The molecule has 1 nitrogen and oxygen atoms in total. The maximum atomic E-state index is 5.32. The summed E-state index contributed by atoms with van der Waals surface area (Å²) in [6.07, 6.45) is 7.98. The molecule has 0 N–H and O–H groups in total. The van der Waals surface area contributed by atoms with Gasteiger partial charge in [0, 0.05) is 6.20 Å². The van der Waals surface area contributed by atoms with E-state index in [1.165, 1.54) is 5.56 Å². The second-order valence-electron chi connectivity index (χ2n) is 5.31. The Morgan fingerprint density at radius 2 is 1.71 bits per heavy atom. The number of terminal acetylenes is 1. The van der Waals surface area contributed by atoms with Crippen LogP contribution in [-0.4, -0.2) is 4.98 Å². The van der Waals surface area contributed by atoms with Crippen LogP contribution >= 0.6 is 0 Å². The molecule has 0 aliphatic heterocycles. The molecule has 2 rings (SSSR count). The molecule has 0 radical (unpaired) electrons. The van der Waals surface area contributed by atoms with Crippen molar-refractivity contribution in [2.24, 2.45) is 0 Å². The standard InChI is InChI=1S/C20H19N/c1-6-18-9-7-17(13-21-18)11-16-8-10-19(14(2)3)20(12-16)15(4)5/h1,7-10,12-13H,2,4,11H2,3,5H3. The van der Waals surface area contributed by atoms with Crippen LogP contribution in [0.25, 0.3) is 11.1 Å². The lowest BCUT2D eigenvalue weighted by Crippen LogP contribution is -1.95. The Bertz CT molecular complexity index is 727. The smallest absolute Gasteiger partial charge is 0.112 e. The second-order valence-corrected chi connectivity index (χ2v) is 5.31. The van der Waals surface area contributed by atoms with Crippen LogP contribution in [0.3, 0.4) is 0 Å². The van der Waals surface area contributed by atoms with Gasteiger partial charge in [-0.25, -0.2) is 4.98 Å².